The fourth-order valence-electron chi connectivity index (χ4n) is 4.19. The third-order valence-corrected chi connectivity index (χ3v) is 5.32. The van der Waals surface area contributed by atoms with Gasteiger partial charge in [-0.25, -0.2) is 0 Å². The van der Waals surface area contributed by atoms with E-state index < -0.39 is 0 Å². The highest BCUT2D eigenvalue weighted by Crippen LogP contribution is 2.36. The van der Waals surface area contributed by atoms with Crippen LogP contribution in [0.4, 0.5) is 0 Å². The van der Waals surface area contributed by atoms with Gasteiger partial charge in [-0.1, -0.05) is 50.7 Å². The minimum absolute atomic E-state index is 0.450. The molecule has 0 bridgehead atoms. The van der Waals surface area contributed by atoms with Crippen molar-refractivity contribution in [1.82, 2.24) is 0 Å². The summed E-state index contributed by atoms with van der Waals surface area (Å²) in [4.78, 5) is 0. The molecule has 0 spiro atoms. The Hall–Kier alpha value is -0.300. The molecule has 0 N–H and O–H groups in total. The number of ether oxygens (including phenoxy) is 1. The molecule has 102 valence electrons. The van der Waals surface area contributed by atoms with E-state index in [0.717, 1.165) is 11.8 Å². The highest BCUT2D eigenvalue weighted by Gasteiger charge is 2.31. The van der Waals surface area contributed by atoms with Crippen LogP contribution >= 0.6 is 0 Å². The molecule has 0 radical (unpaired) electrons. The summed E-state index contributed by atoms with van der Waals surface area (Å²) in [6, 6.07) is 0. The minimum Gasteiger partial charge on any atom is -0.370 e. The van der Waals surface area contributed by atoms with Crippen molar-refractivity contribution in [1.29, 1.82) is 0 Å². The van der Waals surface area contributed by atoms with Crippen molar-refractivity contribution in [3.63, 3.8) is 0 Å². The van der Waals surface area contributed by atoms with Crippen molar-refractivity contribution in [3.05, 3.63) is 12.2 Å². The largest absolute Gasteiger partial charge is 0.370 e. The summed E-state index contributed by atoms with van der Waals surface area (Å²) in [7, 11) is 0. The summed E-state index contributed by atoms with van der Waals surface area (Å²) in [5.74, 6) is 1.68. The van der Waals surface area contributed by atoms with Crippen molar-refractivity contribution < 1.29 is 4.74 Å². The Morgan fingerprint density at radius 1 is 0.722 bits per heavy atom. The van der Waals surface area contributed by atoms with Crippen LogP contribution in [0, 0.1) is 11.8 Å². The van der Waals surface area contributed by atoms with Gasteiger partial charge in [0.2, 0.25) is 0 Å². The van der Waals surface area contributed by atoms with Gasteiger partial charge >= 0.3 is 0 Å². The van der Waals surface area contributed by atoms with Crippen LogP contribution in [0.2, 0.25) is 0 Å². The van der Waals surface area contributed by atoms with Gasteiger partial charge in [0.15, 0.2) is 0 Å². The van der Waals surface area contributed by atoms with E-state index in [2.05, 4.69) is 12.2 Å². The van der Waals surface area contributed by atoms with Gasteiger partial charge in [-0.2, -0.15) is 0 Å². The van der Waals surface area contributed by atoms with Crippen LogP contribution in [0.15, 0.2) is 12.2 Å². The zero-order valence-electron chi connectivity index (χ0n) is 11.7. The van der Waals surface area contributed by atoms with Crippen molar-refractivity contribution in [2.24, 2.45) is 11.8 Å². The molecule has 18 heavy (non-hydrogen) atoms. The van der Waals surface area contributed by atoms with Crippen molar-refractivity contribution in [2.75, 3.05) is 0 Å². The smallest absolute Gasteiger partial charge is 0.0788 e. The molecule has 2 fully saturated rings. The molecule has 1 heteroatoms. The normalized spacial score (nSPS) is 35.8. The third-order valence-electron chi connectivity index (χ3n) is 5.32. The molecule has 2 aliphatic carbocycles. The first-order valence-corrected chi connectivity index (χ1v) is 8.25. The summed E-state index contributed by atoms with van der Waals surface area (Å²) in [6.45, 7) is 0. The molecule has 3 rings (SSSR count). The van der Waals surface area contributed by atoms with E-state index in [0.29, 0.717) is 12.2 Å². The number of hydrogen-bond donors (Lipinski definition) is 0. The van der Waals surface area contributed by atoms with E-state index in [-0.39, 0.29) is 0 Å². The van der Waals surface area contributed by atoms with E-state index in [4.69, 9.17) is 4.74 Å². The molecule has 0 aromatic rings. The summed E-state index contributed by atoms with van der Waals surface area (Å²) in [5, 5.41) is 0. The fourth-order valence-corrected chi connectivity index (χ4v) is 4.19. The SMILES string of the molecule is C1=C[C@H](C2CCCCC2)O[C@@H](C2CCCCC2)C1. The molecule has 0 saturated heterocycles. The molecular weight excluding hydrogens is 220 g/mol. The first-order valence-electron chi connectivity index (χ1n) is 8.25. The predicted octanol–water partition coefficient (Wildman–Crippen LogP) is 4.86. The van der Waals surface area contributed by atoms with Crippen molar-refractivity contribution in [3.8, 4) is 0 Å². The maximum absolute atomic E-state index is 6.48. The van der Waals surface area contributed by atoms with Gasteiger partial charge in [0.05, 0.1) is 12.2 Å². The average Bonchev–Trinajstić information content (AvgIpc) is 2.49. The van der Waals surface area contributed by atoms with Crippen LogP contribution in [0.3, 0.4) is 0 Å². The molecule has 0 amide bonds. The van der Waals surface area contributed by atoms with Gasteiger partial charge in [-0.05, 0) is 43.9 Å². The maximum atomic E-state index is 6.48. The maximum Gasteiger partial charge on any atom is 0.0788 e. The van der Waals surface area contributed by atoms with Gasteiger partial charge in [-0.15, -0.1) is 0 Å². The zero-order chi connectivity index (χ0) is 12.2. The summed E-state index contributed by atoms with van der Waals surface area (Å²) in [5.41, 5.74) is 0. The lowest BCUT2D eigenvalue weighted by Gasteiger charge is -2.38. The van der Waals surface area contributed by atoms with Gasteiger partial charge in [0.25, 0.3) is 0 Å². The summed E-state index contributed by atoms with van der Waals surface area (Å²) in [6.07, 6.45) is 21.2. The second-order valence-corrected chi connectivity index (χ2v) is 6.60. The quantitative estimate of drug-likeness (QED) is 0.634. The molecule has 2 atom stereocenters. The van der Waals surface area contributed by atoms with Crippen LogP contribution in [0.25, 0.3) is 0 Å². The van der Waals surface area contributed by atoms with Crippen LogP contribution < -0.4 is 0 Å². The summed E-state index contributed by atoms with van der Waals surface area (Å²) >= 11 is 0. The molecule has 1 aliphatic heterocycles. The monoisotopic (exact) mass is 248 g/mol. The van der Waals surface area contributed by atoms with Gasteiger partial charge in [0, 0.05) is 0 Å². The Bertz CT molecular complexity index is 271. The summed E-state index contributed by atoms with van der Waals surface area (Å²) < 4.78 is 6.48. The first kappa shape index (κ1) is 12.7. The lowest BCUT2D eigenvalue weighted by molar-refractivity contribution is -0.0647. The van der Waals surface area contributed by atoms with E-state index >= 15 is 0 Å². The lowest BCUT2D eigenvalue weighted by atomic mass is 9.81. The van der Waals surface area contributed by atoms with Crippen LogP contribution in [0.1, 0.15) is 70.6 Å². The van der Waals surface area contributed by atoms with Crippen LogP contribution in [-0.2, 0) is 4.74 Å². The minimum atomic E-state index is 0.450. The molecule has 0 aromatic carbocycles. The Balaban J connectivity index is 1.57. The molecule has 0 aromatic heterocycles. The molecular formula is C17H28O. The Morgan fingerprint density at radius 3 is 2.00 bits per heavy atom. The van der Waals surface area contributed by atoms with E-state index in [1.54, 1.807) is 0 Å². The Kier molecular flexibility index (Phi) is 4.40. The van der Waals surface area contributed by atoms with Gasteiger partial charge < -0.3 is 4.74 Å². The molecule has 0 unspecified atom stereocenters. The highest BCUT2D eigenvalue weighted by atomic mass is 16.5. The van der Waals surface area contributed by atoms with Gasteiger partial charge in [-0.3, -0.25) is 0 Å². The van der Waals surface area contributed by atoms with Crippen molar-refractivity contribution >= 4 is 0 Å². The first-order chi connectivity index (χ1) is 8.93. The number of hydrogen-bond acceptors (Lipinski definition) is 1. The molecule has 1 nitrogen and oxygen atoms in total. The fraction of sp³-hybridized carbons (Fsp3) is 0.882. The second kappa shape index (κ2) is 6.23. The predicted molar refractivity (Wildman–Crippen MR) is 75.6 cm³/mol. The Labute approximate surface area is 112 Å². The van der Waals surface area contributed by atoms with E-state index in [1.165, 1.54) is 70.6 Å². The average molecular weight is 248 g/mol. The van der Waals surface area contributed by atoms with Crippen LogP contribution in [-0.4, -0.2) is 12.2 Å². The highest BCUT2D eigenvalue weighted by molar-refractivity contribution is 5.00. The standard InChI is InChI=1S/C17H28O/c1-3-8-14(9-4-1)16-12-7-13-17(18-16)15-10-5-2-6-11-15/h7,12,14-17H,1-6,8-11,13H2/t16-,17-/m1/s1. The Morgan fingerprint density at radius 2 is 1.33 bits per heavy atom. The van der Waals surface area contributed by atoms with E-state index in [9.17, 15) is 0 Å². The number of rotatable bonds is 2. The second-order valence-electron chi connectivity index (χ2n) is 6.60. The molecule has 3 aliphatic rings. The third kappa shape index (κ3) is 2.99. The van der Waals surface area contributed by atoms with E-state index in [1.807, 2.05) is 0 Å². The lowest BCUT2D eigenvalue weighted by Crippen LogP contribution is -2.36. The van der Waals surface area contributed by atoms with Gasteiger partial charge in [0.1, 0.15) is 0 Å². The molecule has 1 heterocycles. The molecule has 2 saturated carbocycles. The topological polar surface area (TPSA) is 9.23 Å². The van der Waals surface area contributed by atoms with Crippen molar-refractivity contribution in [2.45, 2.75) is 82.8 Å². The van der Waals surface area contributed by atoms with Crippen LogP contribution in [0.5, 0.6) is 0 Å². The zero-order valence-corrected chi connectivity index (χ0v) is 11.7.